The minimum absolute atomic E-state index is 0.0824. The molecule has 1 fully saturated rings. The van der Waals surface area contributed by atoms with Gasteiger partial charge in [-0.15, -0.1) is 0 Å². The maximum absolute atomic E-state index is 12.7. The van der Waals surface area contributed by atoms with Crippen LogP contribution in [0.3, 0.4) is 0 Å². The highest BCUT2D eigenvalue weighted by atomic mass is 16.3. The summed E-state index contributed by atoms with van der Waals surface area (Å²) >= 11 is 0. The van der Waals surface area contributed by atoms with E-state index in [2.05, 4.69) is 30.4 Å². The molecule has 1 aromatic carbocycles. The minimum atomic E-state index is 0.0824. The summed E-state index contributed by atoms with van der Waals surface area (Å²) in [5, 5.41) is 12.4. The largest absolute Gasteiger partial charge is 0.396 e. The van der Waals surface area contributed by atoms with E-state index >= 15 is 0 Å². The van der Waals surface area contributed by atoms with Gasteiger partial charge < -0.3 is 15.3 Å². The number of urea groups is 1. The minimum Gasteiger partial charge on any atom is -0.396 e. The molecule has 2 amide bonds. The van der Waals surface area contributed by atoms with E-state index in [-0.39, 0.29) is 18.7 Å². The van der Waals surface area contributed by atoms with Gasteiger partial charge in [-0.25, -0.2) is 4.79 Å². The molecule has 2 N–H and O–H groups in total. The van der Waals surface area contributed by atoms with E-state index in [0.29, 0.717) is 5.92 Å². The van der Waals surface area contributed by atoms with Gasteiger partial charge >= 0.3 is 6.03 Å². The monoisotopic (exact) mass is 330 g/mol. The summed E-state index contributed by atoms with van der Waals surface area (Å²) in [6.45, 7) is 4.02. The number of rotatable bonds is 3. The molecule has 0 bridgehead atoms. The normalized spacial score (nSPS) is 24.2. The molecule has 0 spiro atoms. The zero-order chi connectivity index (χ0) is 16.9. The molecule has 1 aliphatic carbocycles. The van der Waals surface area contributed by atoms with Crippen LogP contribution < -0.4 is 5.32 Å². The van der Waals surface area contributed by atoms with E-state index in [0.717, 1.165) is 58.0 Å². The average Bonchev–Trinajstić information content (AvgIpc) is 2.81. The molecule has 24 heavy (non-hydrogen) atoms. The van der Waals surface area contributed by atoms with Crippen LogP contribution in [-0.4, -0.2) is 35.7 Å². The second kappa shape index (κ2) is 8.02. The summed E-state index contributed by atoms with van der Waals surface area (Å²) < 4.78 is 0. The van der Waals surface area contributed by atoms with Crippen LogP contribution in [0.1, 0.15) is 61.3 Å². The van der Waals surface area contributed by atoms with Crippen LogP contribution in [-0.2, 0) is 6.42 Å². The van der Waals surface area contributed by atoms with Crippen LogP contribution >= 0.6 is 0 Å². The summed E-state index contributed by atoms with van der Waals surface area (Å²) in [6, 6.07) is 6.85. The Kier molecular flexibility index (Phi) is 5.77. The molecule has 1 unspecified atom stereocenters. The van der Waals surface area contributed by atoms with Crippen LogP contribution in [0, 0.1) is 12.8 Å². The maximum atomic E-state index is 12.7. The first kappa shape index (κ1) is 17.3. The van der Waals surface area contributed by atoms with Crippen molar-refractivity contribution < 1.29 is 9.90 Å². The molecule has 0 aromatic heterocycles. The molecule has 0 radical (unpaired) electrons. The van der Waals surface area contributed by atoms with Crippen LogP contribution in [0.15, 0.2) is 18.2 Å². The van der Waals surface area contributed by atoms with Gasteiger partial charge in [-0.1, -0.05) is 23.8 Å². The fraction of sp³-hybridized carbons (Fsp3) is 0.650. The molecule has 132 valence electrons. The highest BCUT2D eigenvalue weighted by Crippen LogP contribution is 2.31. The second-order valence-corrected chi connectivity index (χ2v) is 7.39. The number of nitrogens with one attached hydrogen (secondary N) is 1. The highest BCUT2D eigenvalue weighted by Gasteiger charge is 2.25. The molecule has 1 aromatic rings. The molecule has 4 nitrogen and oxygen atoms in total. The van der Waals surface area contributed by atoms with Gasteiger partial charge in [0.25, 0.3) is 0 Å². The Labute approximate surface area is 145 Å². The van der Waals surface area contributed by atoms with Crippen LogP contribution in [0.5, 0.6) is 0 Å². The van der Waals surface area contributed by atoms with Crippen molar-refractivity contribution in [3.05, 3.63) is 34.9 Å². The Balaban J connectivity index is 1.62. The lowest BCUT2D eigenvalue weighted by molar-refractivity contribution is 0.192. The molecule has 1 aliphatic heterocycles. The third-order valence-corrected chi connectivity index (χ3v) is 5.59. The van der Waals surface area contributed by atoms with Crippen LogP contribution in [0.2, 0.25) is 0 Å². The molecule has 2 atom stereocenters. The van der Waals surface area contributed by atoms with Crippen molar-refractivity contribution in [2.45, 2.75) is 57.9 Å². The SMILES string of the molecule is Cc1ccc2c(c1)[C@H](NC(=O)N1CCCC(CCO)CC1)CCC2. The molecule has 2 aliphatic rings. The third-order valence-electron chi connectivity index (χ3n) is 5.59. The van der Waals surface area contributed by atoms with Crippen molar-refractivity contribution in [1.29, 1.82) is 0 Å². The zero-order valence-electron chi connectivity index (χ0n) is 14.8. The number of amides is 2. The Bertz CT molecular complexity index is 573. The number of carbonyl (C=O) groups is 1. The zero-order valence-corrected chi connectivity index (χ0v) is 14.8. The Morgan fingerprint density at radius 1 is 1.25 bits per heavy atom. The number of aryl methyl sites for hydroxylation is 2. The van der Waals surface area contributed by atoms with E-state index in [1.165, 1.54) is 16.7 Å². The molecule has 4 heteroatoms. The summed E-state index contributed by atoms with van der Waals surface area (Å²) in [4.78, 5) is 14.7. The standard InChI is InChI=1S/C20H30N2O2/c1-15-7-8-17-5-2-6-19(18(17)14-15)21-20(24)22-11-3-4-16(9-12-22)10-13-23/h7-8,14,16,19,23H,2-6,9-13H2,1H3,(H,21,24)/t16?,19-/m1/s1. The van der Waals surface area contributed by atoms with Crippen molar-refractivity contribution in [1.82, 2.24) is 10.2 Å². The van der Waals surface area contributed by atoms with Gasteiger partial charge in [0.05, 0.1) is 6.04 Å². The summed E-state index contributed by atoms with van der Waals surface area (Å²) in [7, 11) is 0. The molecule has 1 saturated heterocycles. The lowest BCUT2D eigenvalue weighted by Crippen LogP contribution is -2.43. The van der Waals surface area contributed by atoms with Crippen molar-refractivity contribution >= 4 is 6.03 Å². The van der Waals surface area contributed by atoms with Crippen molar-refractivity contribution in [2.75, 3.05) is 19.7 Å². The summed E-state index contributed by atoms with van der Waals surface area (Å²) in [6.07, 6.45) is 7.32. The first-order valence-electron chi connectivity index (χ1n) is 9.43. The molecular weight excluding hydrogens is 300 g/mol. The van der Waals surface area contributed by atoms with E-state index in [4.69, 9.17) is 5.11 Å². The van der Waals surface area contributed by atoms with E-state index < -0.39 is 0 Å². The van der Waals surface area contributed by atoms with Crippen molar-refractivity contribution in [3.8, 4) is 0 Å². The number of nitrogens with zero attached hydrogens (tertiary/aromatic N) is 1. The predicted octanol–water partition coefficient (Wildman–Crippen LogP) is 3.57. The summed E-state index contributed by atoms with van der Waals surface area (Å²) in [5.74, 6) is 0.561. The van der Waals surface area contributed by atoms with Crippen LogP contribution in [0.4, 0.5) is 4.79 Å². The second-order valence-electron chi connectivity index (χ2n) is 7.39. The Hall–Kier alpha value is -1.55. The molecular formula is C20H30N2O2. The van der Waals surface area contributed by atoms with Gasteiger partial charge in [0.2, 0.25) is 0 Å². The van der Waals surface area contributed by atoms with Gasteiger partial charge in [0.15, 0.2) is 0 Å². The number of benzene rings is 1. The number of fused-ring (bicyclic) bond motifs is 1. The number of carbonyl (C=O) groups excluding carboxylic acids is 1. The smallest absolute Gasteiger partial charge is 0.317 e. The predicted molar refractivity (Wildman–Crippen MR) is 96.0 cm³/mol. The van der Waals surface area contributed by atoms with E-state index in [1.807, 2.05) is 4.90 Å². The Morgan fingerprint density at radius 2 is 2.12 bits per heavy atom. The third kappa shape index (κ3) is 4.10. The van der Waals surface area contributed by atoms with Gasteiger partial charge in [-0.2, -0.15) is 0 Å². The number of likely N-dealkylation sites (tertiary alicyclic amines) is 1. The van der Waals surface area contributed by atoms with Crippen molar-refractivity contribution in [2.24, 2.45) is 5.92 Å². The quantitative estimate of drug-likeness (QED) is 0.890. The number of hydrogen-bond donors (Lipinski definition) is 2. The van der Waals surface area contributed by atoms with Crippen LogP contribution in [0.25, 0.3) is 0 Å². The van der Waals surface area contributed by atoms with Crippen molar-refractivity contribution in [3.63, 3.8) is 0 Å². The maximum Gasteiger partial charge on any atom is 0.317 e. The topological polar surface area (TPSA) is 52.6 Å². The van der Waals surface area contributed by atoms with Gasteiger partial charge in [-0.3, -0.25) is 0 Å². The average molecular weight is 330 g/mol. The fourth-order valence-electron chi connectivity index (χ4n) is 4.15. The van der Waals surface area contributed by atoms with Gasteiger partial charge in [0.1, 0.15) is 0 Å². The Morgan fingerprint density at radius 3 is 2.96 bits per heavy atom. The lowest BCUT2D eigenvalue weighted by atomic mass is 9.87. The van der Waals surface area contributed by atoms with E-state index in [1.54, 1.807) is 0 Å². The molecule has 0 saturated carbocycles. The first-order valence-corrected chi connectivity index (χ1v) is 9.43. The van der Waals surface area contributed by atoms with Gasteiger partial charge in [0, 0.05) is 19.7 Å². The molecule has 3 rings (SSSR count). The first-order chi connectivity index (χ1) is 11.7. The van der Waals surface area contributed by atoms with Gasteiger partial charge in [-0.05, 0) is 68.9 Å². The highest BCUT2D eigenvalue weighted by molar-refractivity contribution is 5.75. The lowest BCUT2D eigenvalue weighted by Gasteiger charge is -2.30. The summed E-state index contributed by atoms with van der Waals surface area (Å²) in [5.41, 5.74) is 3.95. The van der Waals surface area contributed by atoms with E-state index in [9.17, 15) is 4.79 Å². The number of aliphatic hydroxyl groups excluding tert-OH is 1. The number of aliphatic hydroxyl groups is 1. The fourth-order valence-corrected chi connectivity index (χ4v) is 4.15. The number of hydrogen-bond acceptors (Lipinski definition) is 2. The molecule has 1 heterocycles.